The second kappa shape index (κ2) is 7.39. The van der Waals surface area contributed by atoms with E-state index < -0.39 is 0 Å². The lowest BCUT2D eigenvalue weighted by molar-refractivity contribution is 0.0272. The fourth-order valence-electron chi connectivity index (χ4n) is 2.10. The molecule has 0 aliphatic rings. The summed E-state index contributed by atoms with van der Waals surface area (Å²) in [5, 5.41) is 0. The molecule has 112 valence electrons. The molecule has 2 heteroatoms. The molecule has 0 heterocycles. The van der Waals surface area contributed by atoms with Crippen LogP contribution in [0.25, 0.3) is 11.1 Å². The lowest BCUT2D eigenvalue weighted by Gasteiger charge is -2.20. The van der Waals surface area contributed by atoms with Gasteiger partial charge in [0.15, 0.2) is 0 Å². The van der Waals surface area contributed by atoms with Gasteiger partial charge in [0, 0.05) is 0 Å². The zero-order chi connectivity index (χ0) is 15.2. The van der Waals surface area contributed by atoms with E-state index >= 15 is 0 Å². The van der Waals surface area contributed by atoms with Gasteiger partial charge in [-0.2, -0.15) is 0 Å². The van der Waals surface area contributed by atoms with Gasteiger partial charge in [0.05, 0.1) is 18.8 Å². The minimum Gasteiger partial charge on any atom is -0.376 e. The van der Waals surface area contributed by atoms with Crippen LogP contribution in [0.15, 0.2) is 54.6 Å². The van der Waals surface area contributed by atoms with Crippen LogP contribution in [0.3, 0.4) is 0 Å². The van der Waals surface area contributed by atoms with Gasteiger partial charge in [-0.1, -0.05) is 68.4 Å². The number of benzene rings is 2. The normalized spacial score (nSPS) is 14.1. The van der Waals surface area contributed by atoms with Crippen LogP contribution in [-0.2, 0) is 4.74 Å². The summed E-state index contributed by atoms with van der Waals surface area (Å²) >= 11 is 0. The Balaban J connectivity index is 1.99. The van der Waals surface area contributed by atoms with Crippen molar-refractivity contribution in [3.8, 4) is 11.1 Å². The highest BCUT2D eigenvalue weighted by Crippen LogP contribution is 2.21. The lowest BCUT2D eigenvalue weighted by Crippen LogP contribution is -2.23. The Morgan fingerprint density at radius 3 is 2.00 bits per heavy atom. The molecule has 2 atom stereocenters. The molecule has 2 aromatic carbocycles. The summed E-state index contributed by atoms with van der Waals surface area (Å²) in [6.07, 6.45) is 0.236. The highest BCUT2D eigenvalue weighted by Gasteiger charge is 2.11. The molecule has 0 spiro atoms. The molecule has 2 nitrogen and oxygen atoms in total. The number of hydrogen-bond donors (Lipinski definition) is 1. The second-order valence-corrected chi connectivity index (χ2v) is 5.88. The maximum atomic E-state index is 6.21. The minimum atomic E-state index is -0.0731. The molecule has 0 fully saturated rings. The van der Waals surface area contributed by atoms with Crippen molar-refractivity contribution in [2.75, 3.05) is 6.61 Å². The first-order chi connectivity index (χ1) is 10.1. The third kappa shape index (κ3) is 4.42. The van der Waals surface area contributed by atoms with E-state index in [9.17, 15) is 0 Å². The molecule has 0 bridgehead atoms. The fourth-order valence-corrected chi connectivity index (χ4v) is 2.10. The number of ether oxygens (including phenoxy) is 1. The van der Waals surface area contributed by atoms with Crippen molar-refractivity contribution >= 4 is 0 Å². The van der Waals surface area contributed by atoms with Crippen LogP contribution in [0.1, 0.15) is 32.4 Å². The molecule has 0 saturated carbocycles. The Kier molecular flexibility index (Phi) is 5.54. The maximum Gasteiger partial charge on any atom is 0.0663 e. The molecule has 21 heavy (non-hydrogen) atoms. The van der Waals surface area contributed by atoms with E-state index in [0.29, 0.717) is 12.5 Å². The maximum absolute atomic E-state index is 6.21. The van der Waals surface area contributed by atoms with Crippen molar-refractivity contribution in [1.29, 1.82) is 0 Å². The standard InChI is InChI=1S/C19H25NO/c1-14(2)15(3)21-13-19(20)18-11-9-17(10-12-18)16-7-5-4-6-8-16/h4-12,14-15,19H,13,20H2,1-3H3. The van der Waals surface area contributed by atoms with Crippen molar-refractivity contribution in [2.45, 2.75) is 32.9 Å². The largest absolute Gasteiger partial charge is 0.376 e. The summed E-state index contributed by atoms with van der Waals surface area (Å²) in [7, 11) is 0. The van der Waals surface area contributed by atoms with E-state index in [-0.39, 0.29) is 12.1 Å². The number of rotatable bonds is 6. The van der Waals surface area contributed by atoms with Crippen LogP contribution in [-0.4, -0.2) is 12.7 Å². The van der Waals surface area contributed by atoms with Crippen LogP contribution in [0, 0.1) is 5.92 Å². The highest BCUT2D eigenvalue weighted by molar-refractivity contribution is 5.63. The average Bonchev–Trinajstić information content (AvgIpc) is 2.53. The van der Waals surface area contributed by atoms with Gasteiger partial charge in [0.1, 0.15) is 0 Å². The molecule has 2 rings (SSSR count). The third-order valence-corrected chi connectivity index (χ3v) is 3.92. The highest BCUT2D eigenvalue weighted by atomic mass is 16.5. The summed E-state index contributed by atoms with van der Waals surface area (Å²) in [6, 6.07) is 18.7. The van der Waals surface area contributed by atoms with Gasteiger partial charge in [0.25, 0.3) is 0 Å². The second-order valence-electron chi connectivity index (χ2n) is 5.88. The Morgan fingerprint density at radius 1 is 0.857 bits per heavy atom. The first kappa shape index (κ1) is 15.7. The first-order valence-electron chi connectivity index (χ1n) is 7.60. The van der Waals surface area contributed by atoms with Gasteiger partial charge in [-0.3, -0.25) is 0 Å². The van der Waals surface area contributed by atoms with E-state index in [1.165, 1.54) is 11.1 Å². The molecule has 0 aromatic heterocycles. The zero-order valence-electron chi connectivity index (χ0n) is 13.1. The monoisotopic (exact) mass is 283 g/mol. The van der Waals surface area contributed by atoms with Crippen LogP contribution < -0.4 is 5.73 Å². The van der Waals surface area contributed by atoms with Crippen LogP contribution >= 0.6 is 0 Å². The predicted molar refractivity (Wildman–Crippen MR) is 89.1 cm³/mol. The first-order valence-corrected chi connectivity index (χ1v) is 7.60. The molecule has 2 unspecified atom stereocenters. The van der Waals surface area contributed by atoms with E-state index in [4.69, 9.17) is 10.5 Å². The molecular weight excluding hydrogens is 258 g/mol. The smallest absolute Gasteiger partial charge is 0.0663 e. The molecule has 0 aliphatic heterocycles. The van der Waals surface area contributed by atoms with E-state index in [2.05, 4.69) is 69.3 Å². The summed E-state index contributed by atoms with van der Waals surface area (Å²) in [5.41, 5.74) is 9.76. The summed E-state index contributed by atoms with van der Waals surface area (Å²) in [6.45, 7) is 6.97. The van der Waals surface area contributed by atoms with E-state index in [1.54, 1.807) is 0 Å². The zero-order valence-corrected chi connectivity index (χ0v) is 13.1. The van der Waals surface area contributed by atoms with Crippen molar-refractivity contribution in [3.63, 3.8) is 0 Å². The lowest BCUT2D eigenvalue weighted by atomic mass is 10.0. The Morgan fingerprint density at radius 2 is 1.43 bits per heavy atom. The quantitative estimate of drug-likeness (QED) is 0.852. The van der Waals surface area contributed by atoms with Crippen LogP contribution in [0.5, 0.6) is 0 Å². The van der Waals surface area contributed by atoms with Crippen molar-refractivity contribution in [1.82, 2.24) is 0 Å². The summed E-state index contributed by atoms with van der Waals surface area (Å²) in [5.74, 6) is 0.512. The fraction of sp³-hybridized carbons (Fsp3) is 0.368. The Labute approximate surface area is 127 Å². The van der Waals surface area contributed by atoms with E-state index in [1.807, 2.05) is 6.07 Å². The van der Waals surface area contributed by atoms with E-state index in [0.717, 1.165) is 5.56 Å². The van der Waals surface area contributed by atoms with Gasteiger partial charge in [-0.25, -0.2) is 0 Å². The molecule has 2 aromatic rings. The van der Waals surface area contributed by atoms with Gasteiger partial charge in [0.2, 0.25) is 0 Å². The Hall–Kier alpha value is -1.64. The topological polar surface area (TPSA) is 35.2 Å². The average molecular weight is 283 g/mol. The van der Waals surface area contributed by atoms with Gasteiger partial charge in [-0.15, -0.1) is 0 Å². The van der Waals surface area contributed by atoms with Gasteiger partial charge in [-0.05, 0) is 29.5 Å². The predicted octanol–water partition coefficient (Wildman–Crippen LogP) is 4.41. The molecular formula is C19H25NO. The molecule has 0 aliphatic carbocycles. The number of hydrogen-bond acceptors (Lipinski definition) is 2. The molecule has 2 N–H and O–H groups in total. The molecule has 0 radical (unpaired) electrons. The van der Waals surface area contributed by atoms with Crippen molar-refractivity contribution in [3.05, 3.63) is 60.2 Å². The summed E-state index contributed by atoms with van der Waals surface area (Å²) < 4.78 is 5.81. The Bertz CT molecular complexity index is 533. The van der Waals surface area contributed by atoms with Gasteiger partial charge >= 0.3 is 0 Å². The summed E-state index contributed by atoms with van der Waals surface area (Å²) in [4.78, 5) is 0. The third-order valence-electron chi connectivity index (χ3n) is 3.92. The van der Waals surface area contributed by atoms with Crippen LogP contribution in [0.2, 0.25) is 0 Å². The minimum absolute atomic E-state index is 0.0731. The van der Waals surface area contributed by atoms with Crippen molar-refractivity contribution in [2.24, 2.45) is 11.7 Å². The number of nitrogens with two attached hydrogens (primary N) is 1. The van der Waals surface area contributed by atoms with Gasteiger partial charge < -0.3 is 10.5 Å². The SMILES string of the molecule is CC(C)C(C)OCC(N)c1ccc(-c2ccccc2)cc1. The molecule has 0 saturated heterocycles. The molecule has 0 amide bonds. The van der Waals surface area contributed by atoms with Crippen LogP contribution in [0.4, 0.5) is 0 Å². The van der Waals surface area contributed by atoms with Crippen molar-refractivity contribution < 1.29 is 4.74 Å².